The summed E-state index contributed by atoms with van der Waals surface area (Å²) in [6, 6.07) is 6.57. The highest BCUT2D eigenvalue weighted by Crippen LogP contribution is 2.53. The Kier molecular flexibility index (Phi) is 11.4. The maximum atomic E-state index is 13.3. The van der Waals surface area contributed by atoms with Crippen LogP contribution in [0.2, 0.25) is 0 Å². The van der Waals surface area contributed by atoms with Gasteiger partial charge < -0.3 is 39.1 Å². The van der Waals surface area contributed by atoms with Crippen molar-refractivity contribution in [2.24, 2.45) is 10.8 Å². The first kappa shape index (κ1) is 41.3. The van der Waals surface area contributed by atoms with Crippen LogP contribution >= 0.6 is 0 Å². The molecule has 10 heteroatoms. The van der Waals surface area contributed by atoms with Crippen LogP contribution in [0.3, 0.4) is 0 Å². The van der Waals surface area contributed by atoms with E-state index < -0.39 is 34.3 Å². The number of ether oxygens (including phenoxy) is 6. The average Bonchev–Trinajstić information content (AvgIpc) is 3.22. The van der Waals surface area contributed by atoms with Gasteiger partial charge in [0, 0.05) is 58.7 Å². The molecule has 1 aromatic rings. The fraction of sp³-hybridized carbons (Fsp3) is 0.833. The molecule has 4 saturated heterocycles. The van der Waals surface area contributed by atoms with Crippen molar-refractivity contribution in [1.82, 2.24) is 10.6 Å². The van der Waals surface area contributed by atoms with E-state index in [-0.39, 0.29) is 35.4 Å². The van der Waals surface area contributed by atoms with Crippen molar-refractivity contribution in [3.8, 4) is 0 Å². The van der Waals surface area contributed by atoms with Crippen LogP contribution < -0.4 is 10.6 Å². The minimum atomic E-state index is -0.576. The van der Waals surface area contributed by atoms with Gasteiger partial charge in [0.1, 0.15) is 13.2 Å². The standard InChI is InChI=1S/C48H72N2O8/c1-41(33-55-47(56-34-41)27-43(19-7-3-8-20-43)49-44(28-47)21-9-4-10-22-44)31-53-39(51)37-15-17-38(18-16-37)40(52)54-32-42(2)35-57-48(58-36-42)29-45(23-11-5-12-24-45)50-46(30-48)25-13-6-14-26-46/h15-18,49-50H,3-14,19-36H2,1-2H3. The van der Waals surface area contributed by atoms with Gasteiger partial charge in [-0.15, -0.1) is 0 Å². The van der Waals surface area contributed by atoms with Gasteiger partial charge >= 0.3 is 11.9 Å². The molecule has 0 amide bonds. The monoisotopic (exact) mass is 805 g/mol. The third-order valence-electron chi connectivity index (χ3n) is 15.9. The Labute approximate surface area is 347 Å². The fourth-order valence-electron chi connectivity index (χ4n) is 13.0. The second-order valence-electron chi connectivity index (χ2n) is 21.6. The van der Waals surface area contributed by atoms with Crippen molar-refractivity contribution in [2.75, 3.05) is 39.6 Å². The molecular formula is C48H72N2O8. The van der Waals surface area contributed by atoms with Crippen molar-refractivity contribution in [1.29, 1.82) is 0 Å². The highest BCUT2D eigenvalue weighted by Gasteiger charge is 2.59. The molecule has 4 aliphatic heterocycles. The zero-order valence-electron chi connectivity index (χ0n) is 35.8. The fourth-order valence-corrected chi connectivity index (χ4v) is 13.0. The lowest BCUT2D eigenvalue weighted by molar-refractivity contribution is -0.334. The predicted molar refractivity (Wildman–Crippen MR) is 220 cm³/mol. The van der Waals surface area contributed by atoms with Crippen molar-refractivity contribution in [2.45, 2.75) is 202 Å². The summed E-state index contributed by atoms with van der Waals surface area (Å²) in [7, 11) is 0. The summed E-state index contributed by atoms with van der Waals surface area (Å²) in [6.45, 7) is 6.52. The normalized spacial score (nSPS) is 36.6. The largest absolute Gasteiger partial charge is 0.461 e. The number of carbonyl (C=O) groups excluding carboxylic acids is 2. The summed E-state index contributed by atoms with van der Waals surface area (Å²) in [4.78, 5) is 26.5. The summed E-state index contributed by atoms with van der Waals surface area (Å²) >= 11 is 0. The second-order valence-corrected chi connectivity index (χ2v) is 21.6. The molecule has 0 aromatic heterocycles. The van der Waals surface area contributed by atoms with Crippen molar-refractivity contribution in [3.05, 3.63) is 35.4 Å². The van der Waals surface area contributed by atoms with E-state index in [0.29, 0.717) is 37.6 Å². The van der Waals surface area contributed by atoms with E-state index in [2.05, 4.69) is 24.5 Å². The molecule has 9 rings (SSSR count). The minimum Gasteiger partial charge on any atom is -0.461 e. The Morgan fingerprint density at radius 3 is 0.983 bits per heavy atom. The molecule has 0 radical (unpaired) electrons. The molecule has 4 heterocycles. The van der Waals surface area contributed by atoms with Crippen LogP contribution in [0.1, 0.15) is 189 Å². The Bertz CT molecular complexity index is 1430. The van der Waals surface area contributed by atoms with Gasteiger partial charge in [0.25, 0.3) is 0 Å². The first-order chi connectivity index (χ1) is 27.9. The number of benzene rings is 1. The van der Waals surface area contributed by atoms with Gasteiger partial charge in [-0.25, -0.2) is 9.59 Å². The number of hydrogen-bond acceptors (Lipinski definition) is 10. The third-order valence-corrected chi connectivity index (χ3v) is 15.9. The van der Waals surface area contributed by atoms with E-state index >= 15 is 0 Å². The first-order valence-corrected chi connectivity index (χ1v) is 23.5. The topological polar surface area (TPSA) is 114 Å². The van der Waals surface area contributed by atoms with Gasteiger partial charge in [-0.05, 0) is 75.6 Å². The maximum Gasteiger partial charge on any atom is 0.338 e. The first-order valence-electron chi connectivity index (χ1n) is 23.5. The molecule has 0 atom stereocenters. The Balaban J connectivity index is 0.754. The van der Waals surface area contributed by atoms with Crippen LogP contribution in [0.4, 0.5) is 0 Å². The molecule has 322 valence electrons. The van der Waals surface area contributed by atoms with Crippen molar-refractivity contribution < 1.29 is 38.0 Å². The molecule has 0 bridgehead atoms. The number of piperidine rings is 2. The summed E-state index contributed by atoms with van der Waals surface area (Å²) in [5.74, 6) is -2.00. The van der Waals surface area contributed by atoms with E-state index in [1.54, 1.807) is 24.3 Å². The summed E-state index contributed by atoms with van der Waals surface area (Å²) in [5.41, 5.74) is 0.272. The van der Waals surface area contributed by atoms with Crippen LogP contribution in [0.15, 0.2) is 24.3 Å². The van der Waals surface area contributed by atoms with Crippen molar-refractivity contribution >= 4 is 11.9 Å². The van der Waals surface area contributed by atoms with E-state index in [1.165, 1.54) is 128 Å². The summed E-state index contributed by atoms with van der Waals surface area (Å²) in [5, 5.41) is 8.45. The molecule has 8 fully saturated rings. The number of rotatable bonds is 6. The summed E-state index contributed by atoms with van der Waals surface area (Å²) in [6.07, 6.45) is 28.5. The summed E-state index contributed by atoms with van der Waals surface area (Å²) < 4.78 is 38.9. The van der Waals surface area contributed by atoms with E-state index in [1.807, 2.05) is 0 Å². The minimum absolute atomic E-state index is 0.0932. The molecule has 4 aliphatic carbocycles. The SMILES string of the molecule is CC1(COC(=O)c2ccc(C(=O)OCC3(C)COC4(CC5(CCCCC5)NC5(CCCCC5)C4)OC3)cc2)COC2(CC3(CCCCC3)NC3(CCCCC3)C2)OC1. The van der Waals surface area contributed by atoms with Gasteiger partial charge in [-0.3, -0.25) is 0 Å². The Morgan fingerprint density at radius 2 is 0.724 bits per heavy atom. The van der Waals surface area contributed by atoms with Crippen molar-refractivity contribution in [3.63, 3.8) is 0 Å². The van der Waals surface area contributed by atoms with E-state index in [0.717, 1.165) is 25.7 Å². The zero-order chi connectivity index (χ0) is 40.0. The van der Waals surface area contributed by atoms with Gasteiger partial charge in [-0.1, -0.05) is 90.9 Å². The van der Waals surface area contributed by atoms with Gasteiger partial charge in [0.15, 0.2) is 11.6 Å². The lowest BCUT2D eigenvalue weighted by atomic mass is 9.65. The number of nitrogens with one attached hydrogen (secondary N) is 2. The molecule has 10 nitrogen and oxygen atoms in total. The number of hydrogen-bond donors (Lipinski definition) is 2. The van der Waals surface area contributed by atoms with Crippen LogP contribution in [0.5, 0.6) is 0 Å². The highest BCUT2D eigenvalue weighted by atomic mass is 16.7. The molecule has 4 saturated carbocycles. The lowest BCUT2D eigenvalue weighted by Crippen LogP contribution is -2.71. The van der Waals surface area contributed by atoms with Crippen LogP contribution in [-0.2, 0) is 28.4 Å². The number of esters is 2. The predicted octanol–water partition coefficient (Wildman–Crippen LogP) is 9.08. The third kappa shape index (κ3) is 8.68. The smallest absolute Gasteiger partial charge is 0.338 e. The molecule has 8 aliphatic rings. The van der Waals surface area contributed by atoms with E-state index in [9.17, 15) is 9.59 Å². The molecular weight excluding hydrogens is 733 g/mol. The quantitative estimate of drug-likeness (QED) is 0.270. The Morgan fingerprint density at radius 1 is 0.466 bits per heavy atom. The van der Waals surface area contributed by atoms with Gasteiger partial charge in [-0.2, -0.15) is 0 Å². The second kappa shape index (κ2) is 16.0. The van der Waals surface area contributed by atoms with E-state index in [4.69, 9.17) is 28.4 Å². The molecule has 58 heavy (non-hydrogen) atoms. The van der Waals surface area contributed by atoms with Crippen LogP contribution in [0, 0.1) is 10.8 Å². The van der Waals surface area contributed by atoms with Crippen LogP contribution in [-0.4, -0.2) is 85.3 Å². The highest BCUT2D eigenvalue weighted by molar-refractivity contribution is 5.93. The molecule has 2 N–H and O–H groups in total. The van der Waals surface area contributed by atoms with Gasteiger partial charge in [0.2, 0.25) is 0 Å². The lowest BCUT2D eigenvalue weighted by Gasteiger charge is -2.60. The average molecular weight is 805 g/mol. The zero-order valence-corrected chi connectivity index (χ0v) is 35.8. The Hall–Kier alpha value is -2.08. The van der Waals surface area contributed by atoms with Crippen LogP contribution in [0.25, 0.3) is 0 Å². The van der Waals surface area contributed by atoms with Gasteiger partial charge in [0.05, 0.1) is 37.6 Å². The molecule has 6 spiro atoms. The number of carbonyl (C=O) groups is 2. The molecule has 1 aromatic carbocycles. The molecule has 0 unspecified atom stereocenters. The maximum absolute atomic E-state index is 13.3.